The molecule has 0 aromatic rings. The predicted octanol–water partition coefficient (Wildman–Crippen LogP) is 6.33. The molecular formula is C16H16F18O5. The van der Waals surface area contributed by atoms with Gasteiger partial charge in [0.25, 0.3) is 0 Å². The second-order valence-electron chi connectivity index (χ2n) is 7.34. The van der Waals surface area contributed by atoms with Crippen LogP contribution in [0.4, 0.5) is 79.0 Å². The lowest BCUT2D eigenvalue weighted by atomic mass is 9.88. The summed E-state index contributed by atoms with van der Waals surface area (Å²) in [7, 11) is 0. The molecule has 0 radical (unpaired) electrons. The van der Waals surface area contributed by atoms with Crippen molar-refractivity contribution in [3.05, 3.63) is 0 Å². The average Bonchev–Trinajstić information content (AvgIpc) is 2.65. The molecule has 0 aliphatic carbocycles. The van der Waals surface area contributed by atoms with Crippen molar-refractivity contribution in [1.82, 2.24) is 0 Å². The molecule has 23 heteroatoms. The molecule has 0 spiro atoms. The van der Waals surface area contributed by atoms with E-state index in [0.29, 0.717) is 0 Å². The zero-order valence-electron chi connectivity index (χ0n) is 18.5. The Kier molecular flexibility index (Phi) is 12.5. The van der Waals surface area contributed by atoms with Gasteiger partial charge in [-0.15, -0.1) is 26.3 Å². The zero-order chi connectivity index (χ0) is 31.2. The second-order valence-corrected chi connectivity index (χ2v) is 7.34. The first kappa shape index (κ1) is 37.5. The summed E-state index contributed by atoms with van der Waals surface area (Å²) in [6.45, 7) is -15.3. The number of hydrogen-bond donors (Lipinski definition) is 0. The van der Waals surface area contributed by atoms with E-state index in [4.69, 9.17) is 0 Å². The van der Waals surface area contributed by atoms with E-state index >= 15 is 0 Å². The van der Waals surface area contributed by atoms with Crippen LogP contribution in [0, 0.1) is 10.8 Å². The van der Waals surface area contributed by atoms with Gasteiger partial charge >= 0.3 is 37.4 Å². The maximum absolute atomic E-state index is 13.0. The van der Waals surface area contributed by atoms with Gasteiger partial charge in [0.2, 0.25) is 10.8 Å². The minimum atomic E-state index is -6.37. The molecule has 0 rings (SSSR count). The Labute approximate surface area is 205 Å². The summed E-state index contributed by atoms with van der Waals surface area (Å²) in [6.07, 6.45) is -37.3. The normalized spacial score (nSPS) is 15.2. The van der Waals surface area contributed by atoms with Gasteiger partial charge < -0.3 is 14.2 Å². The molecule has 0 N–H and O–H groups in total. The van der Waals surface area contributed by atoms with E-state index < -0.39 is 101 Å². The molecular weight excluding hydrogens is 614 g/mol. The lowest BCUT2D eigenvalue weighted by molar-refractivity contribution is -0.401. The quantitative estimate of drug-likeness (QED) is 0.166. The first-order valence-corrected chi connectivity index (χ1v) is 9.53. The van der Waals surface area contributed by atoms with Crippen LogP contribution in [0.3, 0.4) is 0 Å². The van der Waals surface area contributed by atoms with Gasteiger partial charge in [-0.2, -0.15) is 52.7 Å². The predicted molar refractivity (Wildman–Crippen MR) is 85.6 cm³/mol. The molecule has 0 heterocycles. The van der Waals surface area contributed by atoms with Crippen LogP contribution in [0.15, 0.2) is 0 Å². The molecule has 0 aliphatic heterocycles. The summed E-state index contributed by atoms with van der Waals surface area (Å²) in [5, 5.41) is 0. The van der Waals surface area contributed by atoms with Crippen molar-refractivity contribution in [2.75, 3.05) is 52.9 Å². The number of rotatable bonds is 14. The SMILES string of the molecule is FC(F)(F)OCC(COCCOCCOCC(COC(F)(F)F)(C(F)(F)F)C(F)(F)F)(C(F)(F)F)C(F)(F)F. The Morgan fingerprint density at radius 1 is 0.308 bits per heavy atom. The summed E-state index contributed by atoms with van der Waals surface area (Å²) in [5.74, 6) is 0. The van der Waals surface area contributed by atoms with Gasteiger partial charge in [0.15, 0.2) is 0 Å². The van der Waals surface area contributed by atoms with Crippen LogP contribution in [-0.2, 0) is 23.7 Å². The second kappa shape index (κ2) is 13.0. The maximum atomic E-state index is 13.0. The van der Waals surface area contributed by atoms with Crippen molar-refractivity contribution >= 4 is 0 Å². The number of hydrogen-bond acceptors (Lipinski definition) is 5. The molecule has 0 fully saturated rings. The third-order valence-electron chi connectivity index (χ3n) is 4.58. The molecule has 5 nitrogen and oxygen atoms in total. The molecule has 0 aromatic carbocycles. The molecule has 0 aliphatic rings. The Balaban J connectivity index is 4.99. The van der Waals surface area contributed by atoms with Gasteiger partial charge in [0.05, 0.1) is 52.9 Å². The monoisotopic (exact) mass is 630 g/mol. The van der Waals surface area contributed by atoms with E-state index in [1.807, 2.05) is 0 Å². The molecule has 0 saturated heterocycles. The van der Waals surface area contributed by atoms with Crippen LogP contribution in [0.1, 0.15) is 0 Å². The highest BCUT2D eigenvalue weighted by Crippen LogP contribution is 2.52. The molecule has 0 atom stereocenters. The van der Waals surface area contributed by atoms with E-state index in [1.165, 1.54) is 0 Å². The summed E-state index contributed by atoms with van der Waals surface area (Å²) >= 11 is 0. The van der Waals surface area contributed by atoms with Crippen molar-refractivity contribution in [3.8, 4) is 0 Å². The molecule has 39 heavy (non-hydrogen) atoms. The van der Waals surface area contributed by atoms with Gasteiger partial charge in [0, 0.05) is 0 Å². The maximum Gasteiger partial charge on any atom is 0.522 e. The molecule has 236 valence electrons. The highest BCUT2D eigenvalue weighted by atomic mass is 19.4. The zero-order valence-corrected chi connectivity index (χ0v) is 18.5. The summed E-state index contributed by atoms with van der Waals surface area (Å²) < 4.78 is 246. The number of alkyl halides is 18. The summed E-state index contributed by atoms with van der Waals surface area (Å²) in [6, 6.07) is 0. The molecule has 0 saturated carbocycles. The van der Waals surface area contributed by atoms with Gasteiger partial charge in [-0.25, -0.2) is 0 Å². The van der Waals surface area contributed by atoms with Crippen LogP contribution in [0.2, 0.25) is 0 Å². The Hall–Kier alpha value is -1.46. The topological polar surface area (TPSA) is 46.2 Å². The number of halogens is 18. The van der Waals surface area contributed by atoms with Crippen LogP contribution < -0.4 is 0 Å². The van der Waals surface area contributed by atoms with E-state index in [9.17, 15) is 79.0 Å². The van der Waals surface area contributed by atoms with Gasteiger partial charge in [-0.1, -0.05) is 0 Å². The van der Waals surface area contributed by atoms with Crippen LogP contribution >= 0.6 is 0 Å². The van der Waals surface area contributed by atoms with Crippen LogP contribution in [0.25, 0.3) is 0 Å². The third kappa shape index (κ3) is 11.1. The minimum absolute atomic E-state index is 1.00. The van der Waals surface area contributed by atoms with Gasteiger partial charge in [0.1, 0.15) is 0 Å². The van der Waals surface area contributed by atoms with E-state index in [-0.39, 0.29) is 0 Å². The van der Waals surface area contributed by atoms with Crippen molar-refractivity contribution in [3.63, 3.8) is 0 Å². The fourth-order valence-electron chi connectivity index (χ4n) is 2.30. The number of ether oxygens (including phenoxy) is 5. The van der Waals surface area contributed by atoms with E-state index in [2.05, 4.69) is 23.7 Å². The average molecular weight is 630 g/mol. The molecule has 0 unspecified atom stereocenters. The van der Waals surface area contributed by atoms with Crippen molar-refractivity contribution in [1.29, 1.82) is 0 Å². The minimum Gasteiger partial charge on any atom is -0.378 e. The fraction of sp³-hybridized carbons (Fsp3) is 1.00. The standard InChI is InChI=1S/C16H16F18O5/c17-11(18,19)9(12(20,21)22,7-38-15(29,30)31)5-36-3-1-35-2-4-37-6-10(13(23,24)25,14(26,27)28)8-39-16(32,33)34/h1-8H2. The highest BCUT2D eigenvalue weighted by Gasteiger charge is 2.73. The van der Waals surface area contributed by atoms with Crippen LogP contribution in [0.5, 0.6) is 0 Å². The van der Waals surface area contributed by atoms with Crippen molar-refractivity contribution in [2.24, 2.45) is 10.8 Å². The molecule has 0 bridgehead atoms. The lowest BCUT2D eigenvalue weighted by Gasteiger charge is -2.36. The molecule has 0 aromatic heterocycles. The smallest absolute Gasteiger partial charge is 0.378 e. The molecule has 0 amide bonds. The van der Waals surface area contributed by atoms with Crippen molar-refractivity contribution < 1.29 is 103 Å². The largest absolute Gasteiger partial charge is 0.522 e. The summed E-state index contributed by atoms with van der Waals surface area (Å²) in [5.41, 5.74) is -10.3. The summed E-state index contributed by atoms with van der Waals surface area (Å²) in [4.78, 5) is 0. The Morgan fingerprint density at radius 3 is 0.744 bits per heavy atom. The Bertz CT molecular complexity index is 630. The van der Waals surface area contributed by atoms with E-state index in [1.54, 1.807) is 0 Å². The first-order chi connectivity index (χ1) is 17.1. The fourth-order valence-corrected chi connectivity index (χ4v) is 2.30. The first-order valence-electron chi connectivity index (χ1n) is 9.53. The van der Waals surface area contributed by atoms with E-state index in [0.717, 1.165) is 0 Å². The van der Waals surface area contributed by atoms with Gasteiger partial charge in [-0.3, -0.25) is 9.47 Å². The van der Waals surface area contributed by atoms with Crippen LogP contribution in [-0.4, -0.2) is 90.3 Å². The lowest BCUT2D eigenvalue weighted by Crippen LogP contribution is -2.57. The third-order valence-corrected chi connectivity index (χ3v) is 4.58. The Morgan fingerprint density at radius 2 is 0.538 bits per heavy atom. The highest BCUT2D eigenvalue weighted by molar-refractivity contribution is 4.94. The van der Waals surface area contributed by atoms with Gasteiger partial charge in [-0.05, 0) is 0 Å². The van der Waals surface area contributed by atoms with Crippen molar-refractivity contribution in [2.45, 2.75) is 37.4 Å².